The number of esters is 1. The third-order valence-electron chi connectivity index (χ3n) is 6.62. The quantitative estimate of drug-likeness (QED) is 0.227. The van der Waals surface area contributed by atoms with Crippen LogP contribution in [0.4, 0.5) is 11.4 Å². The number of aryl methyl sites for hydroxylation is 1. The second-order valence-electron chi connectivity index (χ2n) is 9.71. The van der Waals surface area contributed by atoms with Crippen LogP contribution < -0.4 is 4.90 Å². The van der Waals surface area contributed by atoms with Crippen LogP contribution in [-0.2, 0) is 14.3 Å². The Labute approximate surface area is 212 Å². The van der Waals surface area contributed by atoms with Crippen molar-refractivity contribution in [2.75, 3.05) is 18.6 Å². The lowest BCUT2D eigenvalue weighted by atomic mass is 10.0. The Kier molecular flexibility index (Phi) is 8.78. The lowest BCUT2D eigenvalue weighted by molar-refractivity contribution is -0.150. The van der Waals surface area contributed by atoms with E-state index in [4.69, 9.17) is 9.47 Å². The Bertz CT molecular complexity index is 1050. The smallest absolute Gasteiger partial charge is 0.313 e. The molecule has 1 fully saturated rings. The first-order chi connectivity index (χ1) is 16.2. The van der Waals surface area contributed by atoms with Crippen molar-refractivity contribution in [1.29, 1.82) is 5.26 Å². The zero-order chi connectivity index (χ0) is 24.9. The minimum absolute atomic E-state index is 0.157. The molecule has 3 unspecified atom stereocenters. The molecule has 3 rings (SSSR count). The minimum Gasteiger partial charge on any atom is -0.442 e. The molecule has 0 aromatic heterocycles. The molecule has 0 bridgehead atoms. The number of carbonyl (C=O) groups is 1. The molecule has 3 atom stereocenters. The molecule has 0 heterocycles. The summed E-state index contributed by atoms with van der Waals surface area (Å²) < 4.78 is 12.7. The number of nitrogens with zero attached hydrogens (tertiary/aromatic N) is 2. The molecule has 2 aromatic rings. The van der Waals surface area contributed by atoms with Crippen molar-refractivity contribution in [2.45, 2.75) is 65.6 Å². The molecule has 1 aliphatic carbocycles. The average Bonchev–Trinajstić information content (AvgIpc) is 3.36. The number of unbranched alkanes of at least 4 members (excludes halogenated alkanes) is 3. The molecule has 6 heteroatoms. The van der Waals surface area contributed by atoms with Crippen LogP contribution in [0.15, 0.2) is 46.9 Å². The number of anilines is 2. The van der Waals surface area contributed by atoms with Gasteiger partial charge in [-0.1, -0.05) is 58.2 Å². The summed E-state index contributed by atoms with van der Waals surface area (Å²) in [5.74, 6) is -0.709. The van der Waals surface area contributed by atoms with Gasteiger partial charge in [-0.05, 0) is 59.1 Å². The lowest BCUT2D eigenvalue weighted by Crippen LogP contribution is -2.16. The summed E-state index contributed by atoms with van der Waals surface area (Å²) in [6, 6.07) is 16.0. The van der Waals surface area contributed by atoms with Gasteiger partial charge in [0.1, 0.15) is 6.07 Å². The zero-order valence-corrected chi connectivity index (χ0v) is 22.4. The number of ether oxygens (including phenoxy) is 2. The normalized spacial score (nSPS) is 19.2. The number of hydrogen-bond donors (Lipinski definition) is 0. The Morgan fingerprint density at radius 3 is 2.62 bits per heavy atom. The summed E-state index contributed by atoms with van der Waals surface area (Å²) in [4.78, 5) is 15.1. The molecule has 1 saturated carbocycles. The minimum atomic E-state index is -0.972. The van der Waals surface area contributed by atoms with Crippen LogP contribution in [0.1, 0.15) is 63.7 Å². The van der Waals surface area contributed by atoms with E-state index >= 15 is 0 Å². The monoisotopic (exact) mass is 526 g/mol. The van der Waals surface area contributed by atoms with Crippen LogP contribution in [0.5, 0.6) is 0 Å². The molecule has 0 aliphatic heterocycles. The maximum atomic E-state index is 13.0. The van der Waals surface area contributed by atoms with Gasteiger partial charge in [-0.3, -0.25) is 4.79 Å². The fraction of sp³-hybridized carbons (Fsp3) is 0.500. The van der Waals surface area contributed by atoms with Gasteiger partial charge in [-0.15, -0.1) is 0 Å². The van der Waals surface area contributed by atoms with Crippen LogP contribution in [0.3, 0.4) is 0 Å². The van der Waals surface area contributed by atoms with Gasteiger partial charge in [-0.2, -0.15) is 5.26 Å². The highest BCUT2D eigenvalue weighted by Crippen LogP contribution is 2.55. The first-order valence-corrected chi connectivity index (χ1v) is 12.8. The molecule has 5 nitrogen and oxygen atoms in total. The molecule has 0 radical (unpaired) electrons. The molecule has 182 valence electrons. The molecular formula is C28H35BrN2O3. The van der Waals surface area contributed by atoms with E-state index in [1.807, 2.05) is 75.2 Å². The maximum absolute atomic E-state index is 13.0. The predicted molar refractivity (Wildman–Crippen MR) is 139 cm³/mol. The molecule has 0 saturated heterocycles. The van der Waals surface area contributed by atoms with Crippen molar-refractivity contribution in [3.05, 3.63) is 58.1 Å². The summed E-state index contributed by atoms with van der Waals surface area (Å²) >= 11 is 3.60. The summed E-state index contributed by atoms with van der Waals surface area (Å²) in [5, 5.41) is 9.85. The van der Waals surface area contributed by atoms with E-state index in [0.717, 1.165) is 34.3 Å². The zero-order valence-electron chi connectivity index (χ0n) is 20.8. The van der Waals surface area contributed by atoms with E-state index in [2.05, 4.69) is 28.9 Å². The third kappa shape index (κ3) is 6.00. The number of para-hydroxylation sites is 1. The fourth-order valence-electron chi connectivity index (χ4n) is 4.43. The van der Waals surface area contributed by atoms with E-state index in [0.29, 0.717) is 12.2 Å². The van der Waals surface area contributed by atoms with Gasteiger partial charge in [-0.25, -0.2) is 0 Å². The Hall–Kier alpha value is -2.36. The summed E-state index contributed by atoms with van der Waals surface area (Å²) in [6.45, 7) is 8.85. The highest BCUT2D eigenvalue weighted by molar-refractivity contribution is 9.10. The topological polar surface area (TPSA) is 62.6 Å². The van der Waals surface area contributed by atoms with Gasteiger partial charge >= 0.3 is 5.97 Å². The number of carbonyl (C=O) groups excluding carboxylic acids is 1. The Balaban J connectivity index is 1.70. The van der Waals surface area contributed by atoms with Crippen LogP contribution >= 0.6 is 15.9 Å². The molecular weight excluding hydrogens is 492 g/mol. The number of hydrogen-bond acceptors (Lipinski definition) is 5. The van der Waals surface area contributed by atoms with E-state index < -0.39 is 6.10 Å². The van der Waals surface area contributed by atoms with Gasteiger partial charge in [0.05, 0.1) is 17.7 Å². The summed E-state index contributed by atoms with van der Waals surface area (Å²) in [7, 11) is 1.97. The average molecular weight is 528 g/mol. The number of halogens is 1. The van der Waals surface area contributed by atoms with Gasteiger partial charge < -0.3 is 14.4 Å². The van der Waals surface area contributed by atoms with Crippen LogP contribution in [0, 0.1) is 29.6 Å². The second kappa shape index (κ2) is 11.4. The van der Waals surface area contributed by atoms with Crippen molar-refractivity contribution in [3.8, 4) is 6.07 Å². The van der Waals surface area contributed by atoms with E-state index in [1.54, 1.807) is 0 Å². The maximum Gasteiger partial charge on any atom is 0.313 e. The molecule has 1 aliphatic rings. The lowest BCUT2D eigenvalue weighted by Gasteiger charge is -2.23. The van der Waals surface area contributed by atoms with Crippen molar-refractivity contribution >= 4 is 33.3 Å². The molecule has 34 heavy (non-hydrogen) atoms. The molecule has 0 amide bonds. The van der Waals surface area contributed by atoms with Gasteiger partial charge in [0, 0.05) is 34.8 Å². The fourth-order valence-corrected chi connectivity index (χ4v) is 4.98. The Morgan fingerprint density at radius 1 is 1.21 bits per heavy atom. The first-order valence-electron chi connectivity index (χ1n) is 12.0. The molecule has 0 N–H and O–H groups in total. The largest absolute Gasteiger partial charge is 0.442 e. The van der Waals surface area contributed by atoms with Gasteiger partial charge in [0.2, 0.25) is 6.10 Å². The predicted octanol–water partition coefficient (Wildman–Crippen LogP) is 7.25. The first kappa shape index (κ1) is 26.2. The highest BCUT2D eigenvalue weighted by atomic mass is 79.9. The van der Waals surface area contributed by atoms with Gasteiger partial charge in [0.25, 0.3) is 0 Å². The second-order valence-corrected chi connectivity index (χ2v) is 10.6. The summed E-state index contributed by atoms with van der Waals surface area (Å²) in [5.41, 5.74) is 3.30. The number of rotatable bonds is 11. The standard InChI is InChI=1S/C28H35BrN2O3/c1-6-7-8-11-14-33-26-25(28(26,3)4)27(32)34-24(18-30)20-15-19(2)16-21(17-20)31(5)23-13-10-9-12-22(23)29/h9-10,12-13,15-17,24-26H,6-8,11,14H2,1-5H3. The van der Waals surface area contributed by atoms with Crippen molar-refractivity contribution < 1.29 is 14.3 Å². The van der Waals surface area contributed by atoms with E-state index in [1.165, 1.54) is 12.8 Å². The van der Waals surface area contributed by atoms with Crippen LogP contribution in [-0.4, -0.2) is 25.7 Å². The van der Waals surface area contributed by atoms with Crippen LogP contribution in [0.2, 0.25) is 0 Å². The number of benzene rings is 2. The highest BCUT2D eigenvalue weighted by Gasteiger charge is 2.64. The van der Waals surface area contributed by atoms with Crippen molar-refractivity contribution in [3.63, 3.8) is 0 Å². The molecule has 2 aromatic carbocycles. The van der Waals surface area contributed by atoms with Crippen molar-refractivity contribution in [1.82, 2.24) is 0 Å². The Morgan fingerprint density at radius 2 is 1.94 bits per heavy atom. The van der Waals surface area contributed by atoms with Crippen molar-refractivity contribution in [2.24, 2.45) is 11.3 Å². The SMILES string of the molecule is CCCCCCOC1C(C(=O)OC(C#N)c2cc(C)cc(N(C)c3ccccc3Br)c2)C1(C)C. The third-order valence-corrected chi connectivity index (χ3v) is 7.29. The van der Waals surface area contributed by atoms with E-state index in [-0.39, 0.29) is 23.4 Å². The number of nitriles is 1. The van der Waals surface area contributed by atoms with Crippen LogP contribution in [0.25, 0.3) is 0 Å². The summed E-state index contributed by atoms with van der Waals surface area (Å²) in [6.07, 6.45) is 3.38. The van der Waals surface area contributed by atoms with Gasteiger partial charge in [0.15, 0.2) is 0 Å². The molecule has 0 spiro atoms. The van der Waals surface area contributed by atoms with E-state index in [9.17, 15) is 10.1 Å².